The molecule has 0 fully saturated rings. The van der Waals surface area contributed by atoms with E-state index in [0.29, 0.717) is 13.8 Å². The number of alkyl halides is 6. The first-order valence-corrected chi connectivity index (χ1v) is 4.94. The van der Waals surface area contributed by atoms with Crippen molar-refractivity contribution in [1.29, 1.82) is 0 Å². The van der Waals surface area contributed by atoms with Crippen LogP contribution < -0.4 is 0 Å². The second kappa shape index (κ2) is 9.30. The summed E-state index contributed by atoms with van der Waals surface area (Å²) in [4.78, 5) is 19.7. The number of aliphatic hydroxyl groups is 2. The van der Waals surface area contributed by atoms with E-state index in [0.717, 1.165) is 0 Å². The summed E-state index contributed by atoms with van der Waals surface area (Å²) in [7, 11) is 0. The molecule has 1 radical (unpaired) electrons. The zero-order chi connectivity index (χ0) is 18.5. The SMILES string of the molecule is CC(C(=O)O)=C(O)C(F)(F)F.CC(C(=O)O)=C(O)C(F)(F)F.[Cu]. The summed E-state index contributed by atoms with van der Waals surface area (Å²) in [5.74, 6) is -7.71. The minimum atomic E-state index is -4.98. The predicted octanol–water partition coefficient (Wildman–Crippen LogP) is 2.93. The molecular weight excluding hydrogens is 394 g/mol. The van der Waals surface area contributed by atoms with Gasteiger partial charge in [-0.25, -0.2) is 9.59 Å². The third-order valence-corrected chi connectivity index (χ3v) is 1.89. The molecule has 0 aromatic heterocycles. The van der Waals surface area contributed by atoms with Crippen molar-refractivity contribution in [1.82, 2.24) is 0 Å². The van der Waals surface area contributed by atoms with Crippen molar-refractivity contribution in [3.8, 4) is 0 Å². The predicted molar refractivity (Wildman–Crippen MR) is 58.0 cm³/mol. The van der Waals surface area contributed by atoms with Crippen molar-refractivity contribution in [3.63, 3.8) is 0 Å². The topological polar surface area (TPSA) is 115 Å². The van der Waals surface area contributed by atoms with Gasteiger partial charge in [0.05, 0.1) is 11.1 Å². The average molecular weight is 404 g/mol. The van der Waals surface area contributed by atoms with Crippen LogP contribution in [0.3, 0.4) is 0 Å². The van der Waals surface area contributed by atoms with E-state index in [2.05, 4.69) is 0 Å². The van der Waals surface area contributed by atoms with Gasteiger partial charge in [-0.3, -0.25) is 0 Å². The molecule has 6 nitrogen and oxygen atoms in total. The van der Waals surface area contributed by atoms with Gasteiger partial charge >= 0.3 is 24.3 Å². The maximum Gasteiger partial charge on any atom is 0.449 e. The molecule has 0 unspecified atom stereocenters. The fourth-order valence-corrected chi connectivity index (χ4v) is 0.628. The third-order valence-electron chi connectivity index (χ3n) is 1.89. The van der Waals surface area contributed by atoms with Crippen LogP contribution >= 0.6 is 0 Å². The van der Waals surface area contributed by atoms with E-state index in [-0.39, 0.29) is 17.1 Å². The molecule has 4 N–H and O–H groups in total. The summed E-state index contributed by atoms with van der Waals surface area (Å²) in [6, 6.07) is 0. The van der Waals surface area contributed by atoms with Gasteiger partial charge in [-0.05, 0) is 13.8 Å². The van der Waals surface area contributed by atoms with E-state index in [4.69, 9.17) is 20.4 Å². The van der Waals surface area contributed by atoms with Gasteiger partial charge in [-0.1, -0.05) is 0 Å². The first kappa shape index (κ1) is 26.0. The van der Waals surface area contributed by atoms with Crippen molar-refractivity contribution in [2.45, 2.75) is 26.2 Å². The summed E-state index contributed by atoms with van der Waals surface area (Å²) < 4.78 is 68.9. The smallest absolute Gasteiger partial charge is 0.449 e. The van der Waals surface area contributed by atoms with E-state index in [1.807, 2.05) is 0 Å². The van der Waals surface area contributed by atoms with Gasteiger partial charge in [0.2, 0.25) is 11.5 Å². The van der Waals surface area contributed by atoms with Crippen LogP contribution in [-0.4, -0.2) is 44.7 Å². The fourth-order valence-electron chi connectivity index (χ4n) is 0.628. The Hall–Kier alpha value is -1.88. The Bertz CT molecular complexity index is 459. The van der Waals surface area contributed by atoms with E-state index in [1.54, 1.807) is 0 Å². The maximum absolute atomic E-state index is 11.5. The van der Waals surface area contributed by atoms with Crippen LogP contribution in [0.15, 0.2) is 22.7 Å². The van der Waals surface area contributed by atoms with Gasteiger partial charge < -0.3 is 20.4 Å². The molecule has 139 valence electrons. The Balaban J connectivity index is -0.000000333. The van der Waals surface area contributed by atoms with Crippen LogP contribution in [-0.2, 0) is 26.7 Å². The van der Waals surface area contributed by atoms with Crippen molar-refractivity contribution in [3.05, 3.63) is 22.7 Å². The molecule has 0 spiro atoms. The second-order valence-electron chi connectivity index (χ2n) is 3.55. The monoisotopic (exact) mass is 403 g/mol. The van der Waals surface area contributed by atoms with E-state index in [1.165, 1.54) is 0 Å². The summed E-state index contributed by atoms with van der Waals surface area (Å²) in [6.07, 6.45) is -9.97. The summed E-state index contributed by atoms with van der Waals surface area (Å²) in [5, 5.41) is 32.4. The molecule has 0 aliphatic carbocycles. The van der Waals surface area contributed by atoms with Crippen LogP contribution in [0.2, 0.25) is 0 Å². The van der Waals surface area contributed by atoms with Gasteiger partial charge in [0, 0.05) is 17.1 Å². The molecule has 0 bridgehead atoms. The summed E-state index contributed by atoms with van der Waals surface area (Å²) >= 11 is 0. The minimum Gasteiger partial charge on any atom is -0.504 e. The van der Waals surface area contributed by atoms with Crippen LogP contribution in [0, 0.1) is 0 Å². The van der Waals surface area contributed by atoms with Crippen LogP contribution in [0.4, 0.5) is 26.3 Å². The molecule has 0 aliphatic rings. The maximum atomic E-state index is 11.5. The van der Waals surface area contributed by atoms with Gasteiger partial charge in [-0.2, -0.15) is 26.3 Å². The molecule has 13 heteroatoms. The number of hydrogen-bond donors (Lipinski definition) is 4. The first-order valence-electron chi connectivity index (χ1n) is 4.94. The van der Waals surface area contributed by atoms with Crippen molar-refractivity contribution >= 4 is 11.9 Å². The van der Waals surface area contributed by atoms with Gasteiger partial charge in [-0.15, -0.1) is 0 Å². The molecule has 0 heterocycles. The Morgan fingerprint density at radius 1 is 0.652 bits per heavy atom. The van der Waals surface area contributed by atoms with Crippen molar-refractivity contribution in [2.24, 2.45) is 0 Å². The Morgan fingerprint density at radius 3 is 0.870 bits per heavy atom. The molecule has 0 saturated carbocycles. The Morgan fingerprint density at radius 2 is 0.826 bits per heavy atom. The Kier molecular flexibility index (Phi) is 10.5. The number of aliphatic carboxylic acids is 2. The zero-order valence-corrected chi connectivity index (χ0v) is 12.1. The fraction of sp³-hybridized carbons (Fsp3) is 0.400. The number of carboxylic acid groups (broad SMARTS) is 2. The standard InChI is InChI=1S/2C5H5F3O3.Cu/c2*1-2(4(10)11)3(9)5(6,7)8;/h2*9H,1H3,(H,10,11);. The minimum absolute atomic E-state index is 0. The number of halogens is 6. The molecule has 0 saturated heterocycles. The number of allylic oxidation sites excluding steroid dienone is 2. The van der Waals surface area contributed by atoms with Crippen LogP contribution in [0.5, 0.6) is 0 Å². The van der Waals surface area contributed by atoms with Crippen molar-refractivity contribution < 1.29 is 73.4 Å². The molecule has 0 aromatic rings. The molecular formula is C10H10CuF6O6. The number of rotatable bonds is 2. The summed E-state index contributed by atoms with van der Waals surface area (Å²) in [6.45, 7) is 1.34. The van der Waals surface area contributed by atoms with Gasteiger partial charge in [0.15, 0.2) is 0 Å². The number of aliphatic hydroxyl groups excluding tert-OH is 2. The molecule has 0 aromatic carbocycles. The molecule has 0 rings (SSSR count). The second-order valence-corrected chi connectivity index (χ2v) is 3.55. The number of hydrogen-bond acceptors (Lipinski definition) is 4. The van der Waals surface area contributed by atoms with E-state index >= 15 is 0 Å². The molecule has 0 aliphatic heterocycles. The van der Waals surface area contributed by atoms with Crippen LogP contribution in [0.1, 0.15) is 13.8 Å². The normalized spacial score (nSPS) is 13.6. The van der Waals surface area contributed by atoms with Gasteiger partial charge in [0.1, 0.15) is 0 Å². The molecule has 0 atom stereocenters. The first-order chi connectivity index (χ1) is 9.53. The number of carbonyl (C=O) groups is 2. The number of carboxylic acids is 2. The van der Waals surface area contributed by atoms with Crippen LogP contribution in [0.25, 0.3) is 0 Å². The third kappa shape index (κ3) is 9.68. The van der Waals surface area contributed by atoms with E-state index < -0.39 is 47.0 Å². The molecule has 0 amide bonds. The van der Waals surface area contributed by atoms with Crippen molar-refractivity contribution in [2.75, 3.05) is 0 Å². The average Bonchev–Trinajstić information content (AvgIpc) is 2.33. The van der Waals surface area contributed by atoms with E-state index in [9.17, 15) is 35.9 Å². The molecule has 23 heavy (non-hydrogen) atoms. The summed E-state index contributed by atoms with van der Waals surface area (Å²) in [5.41, 5.74) is -2.23. The Labute approximate surface area is 135 Å². The zero-order valence-electron chi connectivity index (χ0n) is 11.2. The largest absolute Gasteiger partial charge is 0.504 e. The van der Waals surface area contributed by atoms with Gasteiger partial charge in [0.25, 0.3) is 0 Å². The quantitative estimate of drug-likeness (QED) is 0.244.